The van der Waals surface area contributed by atoms with E-state index in [1.807, 2.05) is 19.9 Å². The van der Waals surface area contributed by atoms with Crippen molar-refractivity contribution < 1.29 is 0 Å². The number of rotatable bonds is 3. The van der Waals surface area contributed by atoms with Crippen LogP contribution in [-0.2, 0) is 0 Å². The molecule has 0 aromatic heterocycles. The van der Waals surface area contributed by atoms with Crippen LogP contribution >= 0.6 is 0 Å². The molecule has 1 nitrogen and oxygen atoms in total. The van der Waals surface area contributed by atoms with E-state index in [0.717, 1.165) is 11.4 Å². The first-order chi connectivity index (χ1) is 9.09. The molecule has 0 fully saturated rings. The third-order valence-corrected chi connectivity index (χ3v) is 3.08. The van der Waals surface area contributed by atoms with Gasteiger partial charge in [0.25, 0.3) is 0 Å². The lowest BCUT2D eigenvalue weighted by atomic mass is 9.93. The Hall–Kier alpha value is -2.15. The quantitative estimate of drug-likeness (QED) is 0.678. The third kappa shape index (κ3) is 3.00. The van der Waals surface area contributed by atoms with Gasteiger partial charge >= 0.3 is 0 Å². The fourth-order valence-corrected chi connectivity index (χ4v) is 2.35. The molecule has 0 unspecified atom stereocenters. The normalized spacial score (nSPS) is 11.4. The van der Waals surface area contributed by atoms with E-state index in [4.69, 9.17) is 0 Å². The highest BCUT2D eigenvalue weighted by atomic mass is 14.7. The van der Waals surface area contributed by atoms with Gasteiger partial charge in [-0.3, -0.25) is 4.99 Å². The fraction of sp³-hybridized carbons (Fsp3) is 0.167. The highest BCUT2D eigenvalue weighted by Gasteiger charge is 2.10. The van der Waals surface area contributed by atoms with Crippen molar-refractivity contribution >= 4 is 5.71 Å². The molecule has 1 heteroatoms. The first-order valence-corrected chi connectivity index (χ1v) is 6.46. The summed E-state index contributed by atoms with van der Waals surface area (Å²) < 4.78 is 0. The van der Waals surface area contributed by atoms with E-state index in [0.29, 0.717) is 0 Å². The number of benzene rings is 2. The third-order valence-electron chi connectivity index (χ3n) is 3.08. The predicted octanol–water partition coefficient (Wildman–Crippen LogP) is 5.00. The van der Waals surface area contributed by atoms with Crippen molar-refractivity contribution in [2.45, 2.75) is 20.8 Å². The maximum Gasteiger partial charge on any atom is 0.0456 e. The number of hydrogen-bond donors (Lipinski definition) is 0. The minimum Gasteiger partial charge on any atom is -0.258 e. The van der Waals surface area contributed by atoms with E-state index in [1.54, 1.807) is 0 Å². The van der Waals surface area contributed by atoms with Crippen molar-refractivity contribution in [1.29, 1.82) is 0 Å². The highest BCUT2D eigenvalue weighted by molar-refractivity contribution is 6.06. The zero-order valence-electron chi connectivity index (χ0n) is 11.8. The van der Waals surface area contributed by atoms with Gasteiger partial charge in [0.2, 0.25) is 0 Å². The maximum atomic E-state index is 4.52. The predicted molar refractivity (Wildman–Crippen MR) is 83.6 cm³/mol. The molecule has 2 aromatic carbocycles. The second kappa shape index (κ2) is 5.66. The molecule has 2 aromatic rings. The van der Waals surface area contributed by atoms with Crippen LogP contribution in [0.3, 0.4) is 0 Å². The maximum absolute atomic E-state index is 4.52. The van der Waals surface area contributed by atoms with Gasteiger partial charge in [-0.05, 0) is 37.5 Å². The van der Waals surface area contributed by atoms with Gasteiger partial charge in [0, 0.05) is 17.0 Å². The Morgan fingerprint density at radius 3 is 2.26 bits per heavy atom. The molecule has 0 saturated carbocycles. The SMILES string of the molecule is C=C(C)/N=C(/C)c1c(C)cccc1-c1ccccc1. The lowest BCUT2D eigenvalue weighted by Crippen LogP contribution is -2.01. The van der Waals surface area contributed by atoms with E-state index in [1.165, 1.54) is 22.3 Å². The molecule has 0 radical (unpaired) electrons. The summed E-state index contributed by atoms with van der Waals surface area (Å²) in [5.41, 5.74) is 6.74. The Morgan fingerprint density at radius 2 is 1.63 bits per heavy atom. The van der Waals surface area contributed by atoms with Crippen LogP contribution in [0.5, 0.6) is 0 Å². The summed E-state index contributed by atoms with van der Waals surface area (Å²) in [6.45, 7) is 9.96. The summed E-state index contributed by atoms with van der Waals surface area (Å²) in [5.74, 6) is 0. The average Bonchev–Trinajstić information content (AvgIpc) is 2.38. The Morgan fingerprint density at radius 1 is 0.947 bits per heavy atom. The second-order valence-corrected chi connectivity index (χ2v) is 4.80. The van der Waals surface area contributed by atoms with E-state index in [2.05, 4.69) is 61.0 Å². The zero-order chi connectivity index (χ0) is 13.8. The van der Waals surface area contributed by atoms with Crippen LogP contribution < -0.4 is 0 Å². The number of hydrogen-bond acceptors (Lipinski definition) is 1. The lowest BCUT2D eigenvalue weighted by Gasteiger charge is -2.13. The van der Waals surface area contributed by atoms with Crippen molar-refractivity contribution in [2.24, 2.45) is 4.99 Å². The first kappa shape index (κ1) is 13.3. The van der Waals surface area contributed by atoms with Gasteiger partial charge < -0.3 is 0 Å². The molecule has 96 valence electrons. The van der Waals surface area contributed by atoms with Crippen molar-refractivity contribution in [3.63, 3.8) is 0 Å². The van der Waals surface area contributed by atoms with Crippen LogP contribution in [0.2, 0.25) is 0 Å². The number of allylic oxidation sites excluding steroid dienone is 1. The monoisotopic (exact) mass is 249 g/mol. The number of aryl methyl sites for hydroxylation is 1. The summed E-state index contributed by atoms with van der Waals surface area (Å²) in [4.78, 5) is 4.52. The fourth-order valence-electron chi connectivity index (χ4n) is 2.35. The highest BCUT2D eigenvalue weighted by Crippen LogP contribution is 2.27. The van der Waals surface area contributed by atoms with Crippen LogP contribution in [0, 0.1) is 6.92 Å². The molecule has 2 rings (SSSR count). The molecule has 0 heterocycles. The summed E-state index contributed by atoms with van der Waals surface area (Å²) in [6, 6.07) is 16.8. The molecule has 0 amide bonds. The van der Waals surface area contributed by atoms with Crippen LogP contribution in [0.25, 0.3) is 11.1 Å². The van der Waals surface area contributed by atoms with Crippen LogP contribution in [0.1, 0.15) is 25.0 Å². The average molecular weight is 249 g/mol. The van der Waals surface area contributed by atoms with E-state index in [9.17, 15) is 0 Å². The van der Waals surface area contributed by atoms with Crippen LogP contribution in [0.4, 0.5) is 0 Å². The summed E-state index contributed by atoms with van der Waals surface area (Å²) in [6.07, 6.45) is 0. The molecular weight excluding hydrogens is 230 g/mol. The van der Waals surface area contributed by atoms with Gasteiger partial charge in [-0.2, -0.15) is 0 Å². The molecule has 0 saturated heterocycles. The summed E-state index contributed by atoms with van der Waals surface area (Å²) >= 11 is 0. The smallest absolute Gasteiger partial charge is 0.0456 e. The largest absolute Gasteiger partial charge is 0.258 e. The van der Waals surface area contributed by atoms with Gasteiger partial charge in [-0.15, -0.1) is 0 Å². The van der Waals surface area contributed by atoms with Gasteiger partial charge in [0.1, 0.15) is 0 Å². The molecule has 0 aliphatic carbocycles. The van der Waals surface area contributed by atoms with Gasteiger partial charge in [-0.1, -0.05) is 55.1 Å². The molecule has 0 aliphatic heterocycles. The van der Waals surface area contributed by atoms with Gasteiger partial charge in [-0.25, -0.2) is 0 Å². The van der Waals surface area contributed by atoms with E-state index in [-0.39, 0.29) is 0 Å². The molecule has 19 heavy (non-hydrogen) atoms. The molecular formula is C18H19N. The van der Waals surface area contributed by atoms with Gasteiger partial charge in [0.05, 0.1) is 0 Å². The lowest BCUT2D eigenvalue weighted by molar-refractivity contribution is 1.30. The number of aliphatic imine (C=N–C) groups is 1. The zero-order valence-corrected chi connectivity index (χ0v) is 11.8. The Kier molecular flexibility index (Phi) is 3.96. The van der Waals surface area contributed by atoms with E-state index < -0.39 is 0 Å². The first-order valence-electron chi connectivity index (χ1n) is 6.46. The molecule has 0 spiro atoms. The molecule has 0 N–H and O–H groups in total. The van der Waals surface area contributed by atoms with Gasteiger partial charge in [0.15, 0.2) is 0 Å². The summed E-state index contributed by atoms with van der Waals surface area (Å²) in [7, 11) is 0. The second-order valence-electron chi connectivity index (χ2n) is 4.80. The minimum atomic E-state index is 0.833. The topological polar surface area (TPSA) is 12.4 Å². The minimum absolute atomic E-state index is 0.833. The van der Waals surface area contributed by atoms with E-state index >= 15 is 0 Å². The van der Waals surface area contributed by atoms with Crippen LogP contribution in [-0.4, -0.2) is 5.71 Å². The number of nitrogens with zero attached hydrogens (tertiary/aromatic N) is 1. The van der Waals surface area contributed by atoms with Crippen molar-refractivity contribution in [3.8, 4) is 11.1 Å². The Labute approximate surface area is 115 Å². The Bertz CT molecular complexity index is 621. The van der Waals surface area contributed by atoms with Crippen molar-refractivity contribution in [3.05, 3.63) is 71.9 Å². The Balaban J connectivity index is 2.64. The molecule has 0 aliphatic rings. The molecule has 0 atom stereocenters. The van der Waals surface area contributed by atoms with Crippen LogP contribution in [0.15, 0.2) is 65.8 Å². The summed E-state index contributed by atoms with van der Waals surface area (Å²) in [5, 5.41) is 0. The molecule has 0 bridgehead atoms. The van der Waals surface area contributed by atoms with Crippen molar-refractivity contribution in [1.82, 2.24) is 0 Å². The van der Waals surface area contributed by atoms with Crippen molar-refractivity contribution in [2.75, 3.05) is 0 Å². The standard InChI is InChI=1S/C18H19N/c1-13(2)19-15(4)18-14(3)9-8-12-17(18)16-10-6-5-7-11-16/h5-12H,1H2,2-4H3/b19-15-.